The average molecular weight is 458 g/mol. The van der Waals surface area contributed by atoms with E-state index >= 15 is 0 Å². The molecular weight excluding hydrogens is 430 g/mol. The lowest BCUT2D eigenvalue weighted by atomic mass is 10.2. The van der Waals surface area contributed by atoms with E-state index in [0.717, 1.165) is 11.3 Å². The number of nitrogens with zero attached hydrogens (tertiary/aromatic N) is 5. The van der Waals surface area contributed by atoms with Crippen molar-refractivity contribution in [3.63, 3.8) is 0 Å². The molecule has 0 spiro atoms. The Labute approximate surface area is 191 Å². The van der Waals surface area contributed by atoms with E-state index in [2.05, 4.69) is 30.0 Å². The van der Waals surface area contributed by atoms with E-state index in [1.54, 1.807) is 47.5 Å². The zero-order valence-electron chi connectivity index (χ0n) is 18.7. The van der Waals surface area contributed by atoms with Gasteiger partial charge < -0.3 is 19.1 Å². The first-order chi connectivity index (χ1) is 15.5. The fraction of sp³-hybridized carbons (Fsp3) is 0.455. The van der Waals surface area contributed by atoms with Crippen LogP contribution in [0.2, 0.25) is 0 Å². The summed E-state index contributed by atoms with van der Waals surface area (Å²) in [5.74, 6) is 0.224. The third-order valence-electron chi connectivity index (χ3n) is 5.24. The monoisotopic (exact) mass is 457 g/mol. The minimum Gasteiger partial charge on any atom is -0.378 e. The molecule has 1 unspecified atom stereocenters. The lowest BCUT2D eigenvalue weighted by molar-refractivity contribution is -0.0933. The molecule has 1 saturated heterocycles. The van der Waals surface area contributed by atoms with Crippen LogP contribution >= 0.6 is 11.3 Å². The molecule has 170 valence electrons. The number of hydrogen-bond acceptors (Lipinski definition) is 8. The maximum Gasteiger partial charge on any atom is 0.257 e. The summed E-state index contributed by atoms with van der Waals surface area (Å²) in [4.78, 5) is 26.3. The van der Waals surface area contributed by atoms with Crippen molar-refractivity contribution in [3.05, 3.63) is 45.5 Å². The lowest BCUT2D eigenvalue weighted by Gasteiger charge is -2.27. The Morgan fingerprint density at radius 2 is 2.22 bits per heavy atom. The van der Waals surface area contributed by atoms with Crippen LogP contribution in [0.5, 0.6) is 0 Å². The van der Waals surface area contributed by atoms with E-state index in [1.165, 1.54) is 9.75 Å². The summed E-state index contributed by atoms with van der Waals surface area (Å²) in [7, 11) is 3.32. The highest BCUT2D eigenvalue weighted by Gasteiger charge is 2.25. The van der Waals surface area contributed by atoms with Crippen LogP contribution in [0.4, 0.5) is 0 Å². The maximum atomic E-state index is 13.2. The molecule has 32 heavy (non-hydrogen) atoms. The Bertz CT molecular complexity index is 1090. The summed E-state index contributed by atoms with van der Waals surface area (Å²) < 4.78 is 18.1. The van der Waals surface area contributed by atoms with Crippen molar-refractivity contribution in [2.45, 2.75) is 26.6 Å². The van der Waals surface area contributed by atoms with Crippen molar-refractivity contribution in [2.24, 2.45) is 0 Å². The molecule has 3 aromatic heterocycles. The second-order valence-corrected chi connectivity index (χ2v) is 9.13. The van der Waals surface area contributed by atoms with Crippen LogP contribution in [0.3, 0.4) is 0 Å². The van der Waals surface area contributed by atoms with Gasteiger partial charge in [-0.05, 0) is 26.0 Å². The quantitative estimate of drug-likeness (QED) is 0.539. The molecule has 1 aliphatic rings. The molecule has 3 aromatic rings. The van der Waals surface area contributed by atoms with Gasteiger partial charge in [0.15, 0.2) is 0 Å². The second kappa shape index (κ2) is 9.86. The first-order valence-electron chi connectivity index (χ1n) is 10.4. The summed E-state index contributed by atoms with van der Waals surface area (Å²) in [5.41, 5.74) is 2.93. The summed E-state index contributed by atoms with van der Waals surface area (Å²) in [5, 5.41) is 4.43. The number of aryl methyl sites for hydroxylation is 2. The Morgan fingerprint density at radius 1 is 1.38 bits per heavy atom. The van der Waals surface area contributed by atoms with Gasteiger partial charge in [-0.25, -0.2) is 9.97 Å². The van der Waals surface area contributed by atoms with E-state index in [1.807, 2.05) is 6.07 Å². The zero-order chi connectivity index (χ0) is 22.7. The molecule has 0 saturated carbocycles. The molecule has 1 atom stereocenters. The highest BCUT2D eigenvalue weighted by Crippen LogP contribution is 2.29. The predicted octanol–water partition coefficient (Wildman–Crippen LogP) is 2.64. The van der Waals surface area contributed by atoms with Crippen LogP contribution in [0.25, 0.3) is 17.2 Å². The second-order valence-electron chi connectivity index (χ2n) is 7.67. The summed E-state index contributed by atoms with van der Waals surface area (Å²) in [6.07, 6.45) is 3.11. The van der Waals surface area contributed by atoms with Crippen molar-refractivity contribution < 1.29 is 19.0 Å². The molecule has 4 heterocycles. The van der Waals surface area contributed by atoms with Gasteiger partial charge in [-0.15, -0.1) is 11.3 Å². The maximum absolute atomic E-state index is 13.2. The molecule has 1 fully saturated rings. The minimum atomic E-state index is -0.169. The first-order valence-corrected chi connectivity index (χ1v) is 11.2. The fourth-order valence-electron chi connectivity index (χ4n) is 3.72. The number of methoxy groups -OCH3 is 1. The van der Waals surface area contributed by atoms with Crippen molar-refractivity contribution in [3.8, 4) is 17.2 Å². The number of amides is 1. The molecular formula is C22H27N5O4S. The number of rotatable bonds is 7. The van der Waals surface area contributed by atoms with Crippen LogP contribution in [-0.4, -0.2) is 77.2 Å². The number of aromatic nitrogens is 4. The Hall–Kier alpha value is -2.66. The number of carbonyl (C=O) groups is 1. The SMILES string of the molecule is COCc1c(C(=O)N(C)CC2COCCO2)cnn1-c1nccc(-c2cc(C)sc2C)n1. The van der Waals surface area contributed by atoms with Gasteiger partial charge in [-0.1, -0.05) is 0 Å². The minimum absolute atomic E-state index is 0.143. The number of thiophene rings is 1. The Balaban J connectivity index is 1.62. The molecule has 0 bridgehead atoms. The molecule has 1 amide bonds. The zero-order valence-corrected chi connectivity index (χ0v) is 19.5. The molecule has 0 radical (unpaired) electrons. The van der Waals surface area contributed by atoms with Crippen molar-refractivity contribution in [2.75, 3.05) is 40.5 Å². The van der Waals surface area contributed by atoms with Crippen LogP contribution in [-0.2, 0) is 20.8 Å². The predicted molar refractivity (Wildman–Crippen MR) is 120 cm³/mol. The number of ether oxygens (including phenoxy) is 3. The van der Waals surface area contributed by atoms with Crippen molar-refractivity contribution in [1.29, 1.82) is 0 Å². The third-order valence-corrected chi connectivity index (χ3v) is 6.20. The molecule has 4 rings (SSSR count). The molecule has 0 N–H and O–H groups in total. The van der Waals surface area contributed by atoms with Gasteiger partial charge in [0.1, 0.15) is 0 Å². The van der Waals surface area contributed by atoms with E-state index < -0.39 is 0 Å². The summed E-state index contributed by atoms with van der Waals surface area (Å²) in [6.45, 7) is 6.38. The number of carbonyl (C=O) groups excluding carboxylic acids is 1. The van der Waals surface area contributed by atoms with Gasteiger partial charge in [0.05, 0.1) is 55.7 Å². The molecule has 10 heteroatoms. The van der Waals surface area contributed by atoms with Gasteiger partial charge in [0.25, 0.3) is 11.9 Å². The van der Waals surface area contributed by atoms with Crippen LogP contribution in [0.15, 0.2) is 24.5 Å². The van der Waals surface area contributed by atoms with Gasteiger partial charge in [-0.2, -0.15) is 9.78 Å². The van der Waals surface area contributed by atoms with Gasteiger partial charge in [-0.3, -0.25) is 4.79 Å². The number of hydrogen-bond donors (Lipinski definition) is 0. The van der Waals surface area contributed by atoms with Gasteiger partial charge in [0, 0.05) is 42.2 Å². The molecule has 0 aliphatic carbocycles. The van der Waals surface area contributed by atoms with Crippen molar-refractivity contribution in [1.82, 2.24) is 24.6 Å². The highest BCUT2D eigenvalue weighted by atomic mass is 32.1. The Kier molecular flexibility index (Phi) is 6.95. The summed E-state index contributed by atoms with van der Waals surface area (Å²) >= 11 is 1.73. The lowest BCUT2D eigenvalue weighted by Crippen LogP contribution is -2.41. The normalized spacial score (nSPS) is 16.3. The summed E-state index contributed by atoms with van der Waals surface area (Å²) in [6, 6.07) is 4.00. The van der Waals surface area contributed by atoms with Crippen molar-refractivity contribution >= 4 is 17.2 Å². The van der Waals surface area contributed by atoms with E-state index in [-0.39, 0.29) is 18.6 Å². The highest BCUT2D eigenvalue weighted by molar-refractivity contribution is 7.12. The number of likely N-dealkylation sites (N-methyl/N-ethyl adjacent to an activating group) is 1. The molecule has 0 aromatic carbocycles. The van der Waals surface area contributed by atoms with Gasteiger partial charge in [0.2, 0.25) is 0 Å². The smallest absolute Gasteiger partial charge is 0.257 e. The largest absolute Gasteiger partial charge is 0.378 e. The average Bonchev–Trinajstić information content (AvgIpc) is 3.36. The topological polar surface area (TPSA) is 91.6 Å². The van der Waals surface area contributed by atoms with Crippen LogP contribution in [0, 0.1) is 13.8 Å². The third kappa shape index (κ3) is 4.73. The Morgan fingerprint density at radius 3 is 2.91 bits per heavy atom. The van der Waals surface area contributed by atoms with E-state index in [9.17, 15) is 4.79 Å². The van der Waals surface area contributed by atoms with Gasteiger partial charge >= 0.3 is 0 Å². The van der Waals surface area contributed by atoms with E-state index in [4.69, 9.17) is 19.2 Å². The van der Waals surface area contributed by atoms with E-state index in [0.29, 0.717) is 43.6 Å². The van der Waals surface area contributed by atoms with Crippen LogP contribution in [0.1, 0.15) is 25.8 Å². The van der Waals surface area contributed by atoms with Crippen LogP contribution < -0.4 is 0 Å². The fourth-order valence-corrected chi connectivity index (χ4v) is 4.66. The molecule has 9 nitrogen and oxygen atoms in total. The standard InChI is InChI=1S/C22H27N5O4S/c1-14-9-17(15(2)32-14)19-5-6-23-22(25-19)27-20(13-29-4)18(10-24-27)21(28)26(3)11-16-12-30-7-8-31-16/h5-6,9-10,16H,7-8,11-13H2,1-4H3. The first kappa shape index (κ1) is 22.5. The molecule has 1 aliphatic heterocycles.